The molecule has 0 bridgehead atoms. The molecule has 0 spiro atoms. The van der Waals surface area contributed by atoms with E-state index in [4.69, 9.17) is 4.42 Å². The Morgan fingerprint density at radius 2 is 1.62 bits per heavy atom. The molecule has 4 rings (SSSR count). The lowest BCUT2D eigenvalue weighted by Gasteiger charge is -2.11. The molecule has 0 unspecified atom stereocenters. The maximum Gasteiger partial charge on any atom is 0.277 e. The van der Waals surface area contributed by atoms with Crippen molar-refractivity contribution in [2.24, 2.45) is 0 Å². The van der Waals surface area contributed by atoms with E-state index in [2.05, 4.69) is 26.9 Å². The predicted octanol–water partition coefficient (Wildman–Crippen LogP) is 5.01. The lowest BCUT2D eigenvalue weighted by atomic mass is 10.1. The van der Waals surface area contributed by atoms with Crippen LogP contribution in [0.25, 0.3) is 11.5 Å². The Morgan fingerprint density at radius 1 is 0.912 bits per heavy atom. The summed E-state index contributed by atoms with van der Waals surface area (Å²) in [6, 6.07) is 22.6. The summed E-state index contributed by atoms with van der Waals surface area (Å²) in [6.07, 6.45) is 0. The average Bonchev–Trinajstić information content (AvgIpc) is 3.31. The third-order valence-electron chi connectivity index (χ3n) is 4.94. The van der Waals surface area contributed by atoms with Crippen molar-refractivity contribution in [3.8, 4) is 11.5 Å². The van der Waals surface area contributed by atoms with Gasteiger partial charge in [-0.15, -0.1) is 10.2 Å². The van der Waals surface area contributed by atoms with Gasteiger partial charge in [-0.05, 0) is 43.7 Å². The highest BCUT2D eigenvalue weighted by Gasteiger charge is 2.15. The van der Waals surface area contributed by atoms with E-state index in [0.29, 0.717) is 28.9 Å². The standard InChI is InChI=1S/C26H24N4O3S/c1-17-12-18(2)14-20(13-17)25-29-30-26(33-25)34-16-23(31)28-22-11-7-6-10-21(22)24(32)27-15-19-8-4-3-5-9-19/h3-14H,15-16H2,1-2H3,(H,27,32)(H,28,31). The number of hydrogen-bond donors (Lipinski definition) is 2. The second-order valence-electron chi connectivity index (χ2n) is 7.80. The number of carbonyl (C=O) groups excluding carboxylic acids is 2. The highest BCUT2D eigenvalue weighted by molar-refractivity contribution is 7.99. The molecule has 34 heavy (non-hydrogen) atoms. The quantitative estimate of drug-likeness (QED) is 0.350. The summed E-state index contributed by atoms with van der Waals surface area (Å²) in [4.78, 5) is 25.2. The summed E-state index contributed by atoms with van der Waals surface area (Å²) in [6.45, 7) is 4.41. The number of hydrogen-bond acceptors (Lipinski definition) is 6. The summed E-state index contributed by atoms with van der Waals surface area (Å²) in [5, 5.41) is 14.1. The Labute approximate surface area is 202 Å². The minimum atomic E-state index is -0.278. The fourth-order valence-electron chi connectivity index (χ4n) is 3.46. The van der Waals surface area contributed by atoms with Gasteiger partial charge in [-0.3, -0.25) is 9.59 Å². The van der Waals surface area contributed by atoms with Gasteiger partial charge in [0.1, 0.15) is 0 Å². The number of carbonyl (C=O) groups is 2. The molecule has 0 fully saturated rings. The van der Waals surface area contributed by atoms with Crippen LogP contribution in [0.3, 0.4) is 0 Å². The zero-order valence-corrected chi connectivity index (χ0v) is 19.7. The van der Waals surface area contributed by atoms with E-state index < -0.39 is 0 Å². The van der Waals surface area contributed by atoms with E-state index in [1.54, 1.807) is 24.3 Å². The van der Waals surface area contributed by atoms with Gasteiger partial charge < -0.3 is 15.1 Å². The van der Waals surface area contributed by atoms with Crippen LogP contribution in [-0.2, 0) is 11.3 Å². The normalized spacial score (nSPS) is 10.6. The van der Waals surface area contributed by atoms with Crippen LogP contribution in [0.2, 0.25) is 0 Å². The molecular weight excluding hydrogens is 448 g/mol. The number of para-hydroxylation sites is 1. The van der Waals surface area contributed by atoms with E-state index in [-0.39, 0.29) is 17.6 Å². The summed E-state index contributed by atoms with van der Waals surface area (Å²) in [7, 11) is 0. The number of anilines is 1. The van der Waals surface area contributed by atoms with E-state index in [1.165, 1.54) is 0 Å². The van der Waals surface area contributed by atoms with Gasteiger partial charge in [-0.25, -0.2) is 0 Å². The molecule has 0 saturated carbocycles. The van der Waals surface area contributed by atoms with E-state index in [1.807, 2.05) is 56.3 Å². The van der Waals surface area contributed by atoms with Crippen LogP contribution < -0.4 is 10.6 Å². The molecular formula is C26H24N4O3S. The van der Waals surface area contributed by atoms with E-state index in [0.717, 1.165) is 34.0 Å². The summed E-state index contributed by atoms with van der Waals surface area (Å²) in [5.41, 5.74) is 4.89. The van der Waals surface area contributed by atoms with Crippen molar-refractivity contribution in [2.45, 2.75) is 25.6 Å². The van der Waals surface area contributed by atoms with Gasteiger partial charge in [0.25, 0.3) is 11.1 Å². The predicted molar refractivity (Wildman–Crippen MR) is 133 cm³/mol. The fourth-order valence-corrected chi connectivity index (χ4v) is 4.02. The molecule has 0 radical (unpaired) electrons. The SMILES string of the molecule is Cc1cc(C)cc(-c2nnc(SCC(=O)Nc3ccccc3C(=O)NCc3ccccc3)o2)c1. The van der Waals surface area contributed by atoms with Crippen molar-refractivity contribution in [2.75, 3.05) is 11.1 Å². The molecule has 0 aliphatic heterocycles. The zero-order valence-electron chi connectivity index (χ0n) is 18.9. The van der Waals surface area contributed by atoms with Crippen LogP contribution in [-0.4, -0.2) is 27.8 Å². The van der Waals surface area contributed by atoms with Crippen molar-refractivity contribution in [1.29, 1.82) is 0 Å². The van der Waals surface area contributed by atoms with Crippen molar-refractivity contribution >= 4 is 29.3 Å². The lowest BCUT2D eigenvalue weighted by molar-refractivity contribution is -0.113. The fraction of sp³-hybridized carbons (Fsp3) is 0.154. The molecule has 0 aliphatic carbocycles. The van der Waals surface area contributed by atoms with Crippen molar-refractivity contribution in [1.82, 2.24) is 15.5 Å². The van der Waals surface area contributed by atoms with Crippen molar-refractivity contribution < 1.29 is 14.0 Å². The molecule has 4 aromatic rings. The Bertz CT molecular complexity index is 1280. The van der Waals surface area contributed by atoms with Crippen LogP contribution >= 0.6 is 11.8 Å². The molecule has 0 atom stereocenters. The average molecular weight is 473 g/mol. The molecule has 8 heteroatoms. The number of aromatic nitrogens is 2. The first-order valence-corrected chi connectivity index (χ1v) is 11.7. The maximum absolute atomic E-state index is 12.7. The minimum absolute atomic E-state index is 0.0639. The highest BCUT2D eigenvalue weighted by Crippen LogP contribution is 2.25. The largest absolute Gasteiger partial charge is 0.411 e. The number of amides is 2. The van der Waals surface area contributed by atoms with Crippen molar-refractivity contribution in [3.63, 3.8) is 0 Å². The summed E-state index contributed by atoms with van der Waals surface area (Å²) < 4.78 is 5.71. The van der Waals surface area contributed by atoms with Crippen molar-refractivity contribution in [3.05, 3.63) is 95.1 Å². The molecule has 7 nitrogen and oxygen atoms in total. The van der Waals surface area contributed by atoms with Crippen LogP contribution in [0, 0.1) is 13.8 Å². The first-order valence-electron chi connectivity index (χ1n) is 10.7. The Balaban J connectivity index is 1.35. The van der Waals surface area contributed by atoms with Crippen LogP contribution in [0.15, 0.2) is 82.4 Å². The topological polar surface area (TPSA) is 97.1 Å². The molecule has 0 aliphatic rings. The number of rotatable bonds is 8. The highest BCUT2D eigenvalue weighted by atomic mass is 32.2. The number of aryl methyl sites for hydroxylation is 2. The monoisotopic (exact) mass is 472 g/mol. The summed E-state index contributed by atoms with van der Waals surface area (Å²) >= 11 is 1.14. The molecule has 2 N–H and O–H groups in total. The molecule has 172 valence electrons. The third kappa shape index (κ3) is 6.11. The van der Waals surface area contributed by atoms with Gasteiger partial charge in [0.2, 0.25) is 11.8 Å². The van der Waals surface area contributed by atoms with Crippen LogP contribution in [0.4, 0.5) is 5.69 Å². The minimum Gasteiger partial charge on any atom is -0.411 e. The smallest absolute Gasteiger partial charge is 0.277 e. The van der Waals surface area contributed by atoms with E-state index >= 15 is 0 Å². The van der Waals surface area contributed by atoms with Gasteiger partial charge in [-0.1, -0.05) is 71.4 Å². The maximum atomic E-state index is 12.7. The first kappa shape index (κ1) is 23.3. The van der Waals surface area contributed by atoms with Gasteiger partial charge >= 0.3 is 0 Å². The Hall–Kier alpha value is -3.91. The van der Waals surface area contributed by atoms with Gasteiger partial charge in [0.15, 0.2) is 0 Å². The zero-order chi connectivity index (χ0) is 23.9. The van der Waals surface area contributed by atoms with Gasteiger partial charge in [0.05, 0.1) is 17.0 Å². The first-order chi connectivity index (χ1) is 16.5. The Kier molecular flexibility index (Phi) is 7.39. The molecule has 1 heterocycles. The number of thioether (sulfide) groups is 1. The number of nitrogens with one attached hydrogen (secondary N) is 2. The lowest BCUT2D eigenvalue weighted by Crippen LogP contribution is -2.25. The van der Waals surface area contributed by atoms with E-state index in [9.17, 15) is 9.59 Å². The molecule has 0 saturated heterocycles. The second kappa shape index (κ2) is 10.8. The molecule has 3 aromatic carbocycles. The van der Waals surface area contributed by atoms with Gasteiger partial charge in [-0.2, -0.15) is 0 Å². The molecule has 1 aromatic heterocycles. The number of benzene rings is 3. The van der Waals surface area contributed by atoms with Gasteiger partial charge in [0, 0.05) is 12.1 Å². The molecule has 2 amide bonds. The van der Waals surface area contributed by atoms with Crippen LogP contribution in [0.5, 0.6) is 0 Å². The number of nitrogens with zero attached hydrogens (tertiary/aromatic N) is 2. The summed E-state index contributed by atoms with van der Waals surface area (Å²) in [5.74, 6) is -0.0638. The third-order valence-corrected chi connectivity index (χ3v) is 5.76. The Morgan fingerprint density at radius 3 is 2.38 bits per heavy atom. The second-order valence-corrected chi connectivity index (χ2v) is 8.73. The van der Waals surface area contributed by atoms with Crippen LogP contribution in [0.1, 0.15) is 27.0 Å².